The summed E-state index contributed by atoms with van der Waals surface area (Å²) < 4.78 is 27.2. The van der Waals surface area contributed by atoms with Gasteiger partial charge in [0.25, 0.3) is 5.91 Å². The van der Waals surface area contributed by atoms with Gasteiger partial charge in [0.05, 0.1) is 11.9 Å². The maximum atomic E-state index is 13.0. The Bertz CT molecular complexity index is 1500. The molecule has 2 amide bonds. The van der Waals surface area contributed by atoms with Crippen LogP contribution in [0.3, 0.4) is 0 Å². The number of hydrogen-bond acceptors (Lipinski definition) is 4. The summed E-state index contributed by atoms with van der Waals surface area (Å²) in [5.41, 5.74) is 8.84. The van der Waals surface area contributed by atoms with Gasteiger partial charge in [0.2, 0.25) is 15.9 Å². The van der Waals surface area contributed by atoms with Gasteiger partial charge in [0, 0.05) is 26.7 Å². The average Bonchev–Trinajstić information content (AvgIpc) is 2.83. The van der Waals surface area contributed by atoms with Crippen molar-refractivity contribution in [1.29, 1.82) is 0 Å². The third-order valence-corrected chi connectivity index (χ3v) is 7.86. The van der Waals surface area contributed by atoms with E-state index in [2.05, 4.69) is 5.32 Å². The highest BCUT2D eigenvalue weighted by Crippen LogP contribution is 2.30. The third kappa shape index (κ3) is 6.57. The van der Waals surface area contributed by atoms with E-state index in [1.807, 2.05) is 61.3 Å². The second-order valence-corrected chi connectivity index (χ2v) is 12.1. The van der Waals surface area contributed by atoms with Crippen LogP contribution in [0.1, 0.15) is 40.0 Å². The molecule has 3 aromatic rings. The van der Waals surface area contributed by atoms with E-state index < -0.39 is 27.9 Å². The lowest BCUT2D eigenvalue weighted by Gasteiger charge is -2.45. The number of quaternary nitrogens is 1. The summed E-state index contributed by atoms with van der Waals surface area (Å²) in [5.74, 6) is -1.22. The van der Waals surface area contributed by atoms with Crippen molar-refractivity contribution in [2.75, 3.05) is 10.6 Å². The smallest absolute Gasteiger partial charge is 0.252 e. The molecule has 0 spiro atoms. The summed E-state index contributed by atoms with van der Waals surface area (Å²) in [5, 5.41) is 3.75. The van der Waals surface area contributed by atoms with Gasteiger partial charge in [-0.1, -0.05) is 47.5 Å². The van der Waals surface area contributed by atoms with Crippen molar-refractivity contribution in [3.8, 4) is 0 Å². The molecule has 11 heteroatoms. The van der Waals surface area contributed by atoms with E-state index in [0.29, 0.717) is 27.0 Å². The van der Waals surface area contributed by atoms with E-state index in [0.717, 1.165) is 22.3 Å². The Morgan fingerprint density at radius 1 is 0.974 bits per heavy atom. The number of nitrogens with zero attached hydrogens (tertiary/aromatic N) is 1. The molecule has 4 rings (SSSR count). The number of carbonyl (C=O) groups is 2. The lowest BCUT2D eigenvalue weighted by molar-refractivity contribution is -0.856. The van der Waals surface area contributed by atoms with Gasteiger partial charge >= 0.3 is 0 Å². The zero-order valence-corrected chi connectivity index (χ0v) is 23.8. The molecule has 0 aliphatic carbocycles. The predicted molar refractivity (Wildman–Crippen MR) is 153 cm³/mol. The minimum atomic E-state index is -3.78. The summed E-state index contributed by atoms with van der Waals surface area (Å²) in [7, 11) is -3.78. The zero-order chi connectivity index (χ0) is 28.5. The Balaban J connectivity index is 1.70. The Kier molecular flexibility index (Phi) is 8.27. The molecule has 1 unspecified atom stereocenters. The molecular weight excluding hydrogens is 559 g/mol. The van der Waals surface area contributed by atoms with Crippen LogP contribution in [0.15, 0.2) is 78.6 Å². The van der Waals surface area contributed by atoms with Gasteiger partial charge in [-0.05, 0) is 80.3 Å². The first-order valence-electron chi connectivity index (χ1n) is 12.0. The van der Waals surface area contributed by atoms with Crippen molar-refractivity contribution in [3.05, 3.63) is 117 Å². The van der Waals surface area contributed by atoms with E-state index in [1.165, 1.54) is 17.3 Å². The highest BCUT2D eigenvalue weighted by Gasteiger charge is 2.32. The van der Waals surface area contributed by atoms with Crippen LogP contribution in [0.4, 0.5) is 5.69 Å². The fraction of sp³-hybridized carbons (Fsp3) is 0.179. The van der Waals surface area contributed by atoms with Crippen molar-refractivity contribution >= 4 is 50.7 Å². The lowest BCUT2D eigenvalue weighted by Crippen LogP contribution is -3.10. The van der Waals surface area contributed by atoms with Crippen LogP contribution < -0.4 is 20.3 Å². The highest BCUT2D eigenvalue weighted by atomic mass is 35.5. The Hall–Kier alpha value is -3.50. The number of rotatable bonds is 9. The number of halogens is 2. The number of hydrogen-bond donors (Lipinski definition) is 3. The molecule has 0 saturated carbocycles. The molecule has 1 heterocycles. The Morgan fingerprint density at radius 3 is 1.95 bits per heavy atom. The summed E-state index contributed by atoms with van der Waals surface area (Å²) in [6, 6.07) is 18.7. The van der Waals surface area contributed by atoms with E-state index >= 15 is 0 Å². The molecular formula is C28H28Cl2N4O4S. The van der Waals surface area contributed by atoms with E-state index in [9.17, 15) is 18.0 Å². The van der Waals surface area contributed by atoms with Crippen molar-refractivity contribution in [2.24, 2.45) is 5.73 Å². The summed E-state index contributed by atoms with van der Waals surface area (Å²) in [4.78, 5) is 25.0. The third-order valence-electron chi connectivity index (χ3n) is 6.27. The zero-order valence-electron chi connectivity index (χ0n) is 21.5. The van der Waals surface area contributed by atoms with Gasteiger partial charge in [-0.2, -0.15) is 0 Å². The van der Waals surface area contributed by atoms with E-state index in [4.69, 9.17) is 28.9 Å². The molecule has 1 aliphatic heterocycles. The van der Waals surface area contributed by atoms with Gasteiger partial charge in [0.1, 0.15) is 12.1 Å². The fourth-order valence-electron chi connectivity index (χ4n) is 4.39. The Labute approximate surface area is 238 Å². The molecule has 8 nitrogen and oxygen atoms in total. The molecule has 3 aromatic carbocycles. The fourth-order valence-corrected chi connectivity index (χ4v) is 5.62. The monoisotopic (exact) mass is 586 g/mol. The van der Waals surface area contributed by atoms with Crippen molar-refractivity contribution in [2.45, 2.75) is 25.9 Å². The van der Waals surface area contributed by atoms with Crippen molar-refractivity contribution in [3.63, 3.8) is 0 Å². The molecule has 0 saturated heterocycles. The first-order chi connectivity index (χ1) is 18.3. The number of carbonyl (C=O) groups excluding carboxylic acids is 2. The molecule has 0 aromatic heterocycles. The van der Waals surface area contributed by atoms with Gasteiger partial charge in [-0.3, -0.25) is 13.9 Å². The highest BCUT2D eigenvalue weighted by molar-refractivity contribution is 7.92. The molecule has 0 bridgehead atoms. The number of aryl methyl sites for hydroxylation is 1. The average molecular weight is 588 g/mol. The van der Waals surface area contributed by atoms with Crippen molar-refractivity contribution in [1.82, 2.24) is 5.32 Å². The molecule has 1 aliphatic rings. The first kappa shape index (κ1) is 28.5. The second kappa shape index (κ2) is 11.3. The van der Waals surface area contributed by atoms with Crippen LogP contribution in [0.5, 0.6) is 0 Å². The van der Waals surface area contributed by atoms with Crippen LogP contribution >= 0.6 is 23.2 Å². The number of anilines is 1. The van der Waals surface area contributed by atoms with Gasteiger partial charge in [0.15, 0.2) is 0 Å². The molecule has 0 fully saturated rings. The molecule has 204 valence electrons. The molecule has 2 atom stereocenters. The van der Waals surface area contributed by atoms with E-state index in [1.54, 1.807) is 19.1 Å². The summed E-state index contributed by atoms with van der Waals surface area (Å²) in [6.45, 7) is 5.04. The predicted octanol–water partition coefficient (Wildman–Crippen LogP) is 3.36. The number of sulfonamides is 1. The number of nitrogens with one attached hydrogen (secondary N) is 2. The Morgan fingerprint density at radius 2 is 1.49 bits per heavy atom. The van der Waals surface area contributed by atoms with Gasteiger partial charge in [-0.25, -0.2) is 8.42 Å². The maximum Gasteiger partial charge on any atom is 0.252 e. The topological polar surface area (TPSA) is 114 Å². The van der Waals surface area contributed by atoms with Gasteiger partial charge < -0.3 is 16.0 Å². The normalized spacial score (nSPS) is 15.5. The number of benzene rings is 3. The number of primary amides is 1. The van der Waals surface area contributed by atoms with Crippen molar-refractivity contribution < 1.29 is 22.9 Å². The standard InChI is InChI=1S/C28H28Cl2N4O4S/c1-17-12-21(28(36)32-18(2)27(31)35)14-24(13-17)34(39(3,37)38)25-15-33(16-25)26(19-4-8-22(29)9-5-19)20-6-10-23(30)11-7-20/h4-16,18,26,33H,1-3H3,(H2,31,35)(H,32,36)/t18-/m0/s1. The minimum absolute atomic E-state index is 0.182. The molecule has 39 heavy (non-hydrogen) atoms. The van der Waals surface area contributed by atoms with Crippen LogP contribution in [0.25, 0.3) is 0 Å². The van der Waals surface area contributed by atoms with Crippen LogP contribution in [0, 0.1) is 13.5 Å². The second-order valence-electron chi connectivity index (χ2n) is 9.43. The minimum Gasteiger partial charge on any atom is -0.412 e. The number of nitrogens with two attached hydrogens (primary N) is 1. The summed E-state index contributed by atoms with van der Waals surface area (Å²) >= 11 is 12.2. The van der Waals surface area contributed by atoms with Crippen LogP contribution in [-0.2, 0) is 14.8 Å². The SMILES string of the molecule is Cc1cc(C(=O)N[C@@H](C)C(N)=O)cc(N(C2=C[NH+](C(c3ccc(Cl)cc3)c3ccc(Cl)cc3)[CH-]2)S(C)(=O)=O)c1. The van der Waals surface area contributed by atoms with Crippen LogP contribution in [-0.4, -0.2) is 32.5 Å². The first-order valence-corrected chi connectivity index (χ1v) is 14.6. The quantitative estimate of drug-likeness (QED) is 0.333. The summed E-state index contributed by atoms with van der Waals surface area (Å²) in [6.07, 6.45) is 2.92. The lowest BCUT2D eigenvalue weighted by atomic mass is 9.95. The van der Waals surface area contributed by atoms with Crippen LogP contribution in [0.2, 0.25) is 10.0 Å². The molecule has 0 radical (unpaired) electrons. The van der Waals surface area contributed by atoms with E-state index in [-0.39, 0.29) is 11.6 Å². The number of amides is 2. The maximum absolute atomic E-state index is 13.0. The largest absolute Gasteiger partial charge is 0.412 e. The van der Waals surface area contributed by atoms with Gasteiger partial charge in [-0.15, -0.1) is 0 Å². The molecule has 4 N–H and O–H groups in total.